The number of amides is 1. The summed E-state index contributed by atoms with van der Waals surface area (Å²) in [6, 6.07) is 10.4. The molecule has 7 heteroatoms. The number of methoxy groups -OCH3 is 3. The zero-order valence-corrected chi connectivity index (χ0v) is 16.4. The van der Waals surface area contributed by atoms with E-state index >= 15 is 0 Å². The molecule has 0 aliphatic heterocycles. The molecule has 0 saturated carbocycles. The monoisotopic (exact) mass is 421 g/mol. The van der Waals surface area contributed by atoms with E-state index in [0.29, 0.717) is 40.1 Å². The minimum absolute atomic E-state index is 0.222. The second kappa shape index (κ2) is 9.24. The minimum atomic E-state index is -0.372. The Morgan fingerprint density at radius 3 is 2.04 bits per heavy atom. The second-order valence-corrected chi connectivity index (χ2v) is 6.18. The van der Waals surface area contributed by atoms with Gasteiger partial charge in [0, 0.05) is 12.1 Å². The number of hydrogen-bond acceptors (Lipinski definition) is 5. The summed E-state index contributed by atoms with van der Waals surface area (Å²) in [6.45, 7) is 0.455. The highest BCUT2D eigenvalue weighted by Crippen LogP contribution is 2.35. The molecule has 1 N–H and O–H groups in total. The quantitative estimate of drug-likeness (QED) is 0.694. The first-order chi connectivity index (χ1) is 12.5. The molecule has 1 amide bonds. The number of carbonyl (C=O) groups is 2. The third-order valence-electron chi connectivity index (χ3n) is 3.78. The number of rotatable bonds is 7. The maximum atomic E-state index is 12.4. The Balaban J connectivity index is 1.97. The largest absolute Gasteiger partial charge is 0.495 e. The lowest BCUT2D eigenvalue weighted by Gasteiger charge is -2.12. The maximum Gasteiger partial charge on any atom is 0.337 e. The normalized spacial score (nSPS) is 10.2. The van der Waals surface area contributed by atoms with Gasteiger partial charge in [-0.05, 0) is 52.2 Å². The van der Waals surface area contributed by atoms with E-state index < -0.39 is 0 Å². The fraction of sp³-hybridized carbons (Fsp3) is 0.263. The minimum Gasteiger partial charge on any atom is -0.495 e. The summed E-state index contributed by atoms with van der Waals surface area (Å²) in [6.07, 6.45) is 0.637. The van der Waals surface area contributed by atoms with Gasteiger partial charge in [0.05, 0.1) is 26.9 Å². The van der Waals surface area contributed by atoms with Gasteiger partial charge >= 0.3 is 5.97 Å². The Bertz CT molecular complexity index is 764. The molecule has 6 nitrogen and oxygen atoms in total. The molecular formula is C19H20BrNO5. The second-order valence-electron chi connectivity index (χ2n) is 5.39. The van der Waals surface area contributed by atoms with Crippen LogP contribution in [0.25, 0.3) is 0 Å². The van der Waals surface area contributed by atoms with Gasteiger partial charge in [-0.1, -0.05) is 12.1 Å². The van der Waals surface area contributed by atoms with Crippen LogP contribution < -0.4 is 14.8 Å². The van der Waals surface area contributed by atoms with Gasteiger partial charge in [-0.2, -0.15) is 0 Å². The van der Waals surface area contributed by atoms with Crippen LogP contribution in [0, 0.1) is 0 Å². The van der Waals surface area contributed by atoms with E-state index in [-0.39, 0.29) is 11.9 Å². The summed E-state index contributed by atoms with van der Waals surface area (Å²) in [4.78, 5) is 23.8. The highest BCUT2D eigenvalue weighted by molar-refractivity contribution is 9.10. The van der Waals surface area contributed by atoms with Crippen molar-refractivity contribution in [2.45, 2.75) is 6.42 Å². The van der Waals surface area contributed by atoms with E-state index in [0.717, 1.165) is 5.56 Å². The van der Waals surface area contributed by atoms with Gasteiger partial charge in [0.15, 0.2) is 0 Å². The molecule has 138 valence electrons. The molecule has 0 aliphatic rings. The van der Waals surface area contributed by atoms with Crippen molar-refractivity contribution in [2.24, 2.45) is 0 Å². The van der Waals surface area contributed by atoms with E-state index in [1.54, 1.807) is 24.3 Å². The number of ether oxygens (including phenoxy) is 3. The molecule has 0 aliphatic carbocycles. The van der Waals surface area contributed by atoms with Crippen molar-refractivity contribution >= 4 is 27.8 Å². The van der Waals surface area contributed by atoms with Crippen LogP contribution in [0.1, 0.15) is 26.3 Å². The third-order valence-corrected chi connectivity index (χ3v) is 4.56. The van der Waals surface area contributed by atoms with Gasteiger partial charge in [0.25, 0.3) is 5.91 Å². The lowest BCUT2D eigenvalue weighted by atomic mass is 10.1. The third kappa shape index (κ3) is 4.76. The molecule has 0 radical (unpaired) electrons. The predicted molar refractivity (Wildman–Crippen MR) is 101 cm³/mol. The van der Waals surface area contributed by atoms with Crippen molar-refractivity contribution in [3.05, 3.63) is 57.6 Å². The zero-order chi connectivity index (χ0) is 19.1. The Morgan fingerprint density at radius 1 is 0.962 bits per heavy atom. The first kappa shape index (κ1) is 19.8. The smallest absolute Gasteiger partial charge is 0.337 e. The van der Waals surface area contributed by atoms with Crippen LogP contribution in [-0.2, 0) is 11.2 Å². The molecule has 0 aromatic heterocycles. The number of esters is 1. The summed E-state index contributed by atoms with van der Waals surface area (Å²) in [7, 11) is 4.40. The van der Waals surface area contributed by atoms with E-state index in [9.17, 15) is 9.59 Å². The van der Waals surface area contributed by atoms with Gasteiger partial charge < -0.3 is 19.5 Å². The van der Waals surface area contributed by atoms with E-state index in [4.69, 9.17) is 9.47 Å². The van der Waals surface area contributed by atoms with E-state index in [1.165, 1.54) is 21.3 Å². The van der Waals surface area contributed by atoms with Gasteiger partial charge in [-0.15, -0.1) is 0 Å². The van der Waals surface area contributed by atoms with Crippen LogP contribution in [0.15, 0.2) is 40.9 Å². The highest BCUT2D eigenvalue weighted by Gasteiger charge is 2.14. The Labute approximate surface area is 160 Å². The van der Waals surface area contributed by atoms with Crippen LogP contribution in [0.3, 0.4) is 0 Å². The molecule has 2 aromatic carbocycles. The van der Waals surface area contributed by atoms with Crippen molar-refractivity contribution in [2.75, 3.05) is 27.9 Å². The van der Waals surface area contributed by atoms with Crippen molar-refractivity contribution < 1.29 is 23.8 Å². The van der Waals surface area contributed by atoms with Crippen molar-refractivity contribution in [3.63, 3.8) is 0 Å². The molecule has 0 fully saturated rings. The molecule has 2 rings (SSSR count). The Kier molecular flexibility index (Phi) is 7.03. The zero-order valence-electron chi connectivity index (χ0n) is 14.8. The summed E-state index contributed by atoms with van der Waals surface area (Å²) in [5, 5.41) is 2.86. The molecule has 26 heavy (non-hydrogen) atoms. The number of hydrogen-bond donors (Lipinski definition) is 1. The molecule has 0 unspecified atom stereocenters. The van der Waals surface area contributed by atoms with Crippen molar-refractivity contribution in [1.29, 1.82) is 0 Å². The first-order valence-corrected chi connectivity index (χ1v) is 8.66. The Morgan fingerprint density at radius 2 is 1.54 bits per heavy atom. The van der Waals surface area contributed by atoms with E-state index in [2.05, 4.69) is 26.0 Å². The first-order valence-electron chi connectivity index (χ1n) is 7.87. The van der Waals surface area contributed by atoms with Crippen LogP contribution in [0.4, 0.5) is 0 Å². The average Bonchev–Trinajstić information content (AvgIpc) is 2.67. The van der Waals surface area contributed by atoms with Crippen molar-refractivity contribution in [3.8, 4) is 11.5 Å². The summed E-state index contributed by atoms with van der Waals surface area (Å²) < 4.78 is 15.8. The molecule has 2 aromatic rings. The lowest BCUT2D eigenvalue weighted by molar-refractivity contribution is 0.0600. The number of halogens is 1. The fourth-order valence-electron chi connectivity index (χ4n) is 2.35. The summed E-state index contributed by atoms with van der Waals surface area (Å²) in [5.74, 6) is 0.448. The molecule has 0 bridgehead atoms. The topological polar surface area (TPSA) is 73.9 Å². The molecule has 0 spiro atoms. The predicted octanol–water partition coefficient (Wildman–Crippen LogP) is 3.23. The van der Waals surface area contributed by atoms with Gasteiger partial charge in [0.1, 0.15) is 16.0 Å². The molecule has 0 saturated heterocycles. The van der Waals surface area contributed by atoms with Crippen LogP contribution >= 0.6 is 15.9 Å². The standard InChI is InChI=1S/C19H20BrNO5/c1-24-15-10-14(11-16(25-2)17(15)20)18(22)21-9-8-12-4-6-13(7-5-12)19(23)26-3/h4-7,10-11H,8-9H2,1-3H3,(H,21,22). The average molecular weight is 422 g/mol. The van der Waals surface area contributed by atoms with Crippen LogP contribution in [-0.4, -0.2) is 39.8 Å². The van der Waals surface area contributed by atoms with Gasteiger partial charge in [0.2, 0.25) is 0 Å². The van der Waals surface area contributed by atoms with Crippen LogP contribution in [0.2, 0.25) is 0 Å². The maximum absolute atomic E-state index is 12.4. The molecular weight excluding hydrogens is 402 g/mol. The number of benzene rings is 2. The SMILES string of the molecule is COC(=O)c1ccc(CCNC(=O)c2cc(OC)c(Br)c(OC)c2)cc1. The van der Waals surface area contributed by atoms with Crippen molar-refractivity contribution in [1.82, 2.24) is 5.32 Å². The Hall–Kier alpha value is -2.54. The van der Waals surface area contributed by atoms with Crippen LogP contribution in [0.5, 0.6) is 11.5 Å². The van der Waals surface area contributed by atoms with E-state index in [1.807, 2.05) is 12.1 Å². The van der Waals surface area contributed by atoms with Gasteiger partial charge in [-0.3, -0.25) is 4.79 Å². The lowest BCUT2D eigenvalue weighted by Crippen LogP contribution is -2.25. The number of nitrogens with one attached hydrogen (secondary N) is 1. The summed E-state index contributed by atoms with van der Waals surface area (Å²) >= 11 is 3.37. The fourth-order valence-corrected chi connectivity index (χ4v) is 2.90. The summed E-state index contributed by atoms with van der Waals surface area (Å²) in [5.41, 5.74) is 1.95. The van der Waals surface area contributed by atoms with Gasteiger partial charge in [-0.25, -0.2) is 4.79 Å². The highest BCUT2D eigenvalue weighted by atomic mass is 79.9. The molecule has 0 heterocycles. The number of carbonyl (C=O) groups excluding carboxylic acids is 2. The molecule has 0 atom stereocenters.